The van der Waals surface area contributed by atoms with Crippen LogP contribution in [0.5, 0.6) is 0 Å². The highest BCUT2D eigenvalue weighted by Crippen LogP contribution is 2.43. The van der Waals surface area contributed by atoms with E-state index in [4.69, 9.17) is 0 Å². The minimum atomic E-state index is -10.2. The SMILES string of the molecule is FC[NH+](c1c(F)c(F)c(F)c(F)c1F)C(F)(F)C(F)(F)F.Fc1c(F)c(F)c2[c]([Al-]([c]3c(F)c(F)c(F)c4c(F)c(F)c(F)c(F)c34)([c]3c(F)c(F)c(F)c4c(F)c(F)c(F)c(F)c34)[c]3c(F)c(F)c(F)c4c(F)c(F)c(F)c(F)c34)c(F)c(F)c(F)c2c1F. The first kappa shape index (κ1) is 67.7. The average Bonchev–Trinajstić information content (AvgIpc) is 0.663. The first-order valence-electron chi connectivity index (χ1n) is 22.2. The Morgan fingerprint density at radius 3 is 0.511 bits per heavy atom. The molecule has 1 unspecified atom stereocenters. The molecule has 90 heavy (non-hydrogen) atoms. The number of quaternary nitrogens is 1. The van der Waals surface area contributed by atoms with E-state index in [1.807, 2.05) is 0 Å². The Bertz CT molecular complexity index is 4160. The molecule has 480 valence electrons. The molecule has 9 aromatic rings. The fourth-order valence-corrected chi connectivity index (χ4v) is 16.5. The maximum atomic E-state index is 17.3. The fourth-order valence-electron chi connectivity index (χ4n) is 9.94. The molecule has 9 rings (SSSR count). The van der Waals surface area contributed by atoms with Gasteiger partial charge >= 0.3 is 12.2 Å². The Kier molecular flexibility index (Phi) is 16.8. The van der Waals surface area contributed by atoms with Crippen LogP contribution in [0.3, 0.4) is 0 Å². The molecule has 41 heteroatoms. The van der Waals surface area contributed by atoms with E-state index in [0.717, 1.165) is 0 Å². The van der Waals surface area contributed by atoms with E-state index in [-0.39, 0.29) is 0 Å². The van der Waals surface area contributed by atoms with Crippen molar-refractivity contribution in [2.45, 2.75) is 12.2 Å². The van der Waals surface area contributed by atoms with Crippen LogP contribution in [-0.2, 0) is 0 Å². The lowest BCUT2D eigenvalue weighted by atomic mass is 10.1. The molecule has 1 N–H and O–H groups in total. The average molecular weight is 1370 g/mol. The zero-order chi connectivity index (χ0) is 68.3. The Labute approximate surface area is 466 Å². The molecule has 0 aliphatic carbocycles. The van der Waals surface area contributed by atoms with Gasteiger partial charge in [-0.05, 0) is 21.5 Å². The van der Waals surface area contributed by atoms with E-state index in [1.165, 1.54) is 0 Å². The molecule has 0 aliphatic rings. The highest BCUT2D eigenvalue weighted by Gasteiger charge is 2.68. The standard InChI is InChI=1S/4C10F7.C9H2F11N.Al/c4*11-3-1-2-4(7(14)6(3)13)8(15)10(17)9(16)5(2)12;10-1-21(9(19,20)8(16,17)18)7-5(14)3(12)2(11)4(13)6(7)15;/h;;;;1H2;/q;;;;;-1/p+1. The Hall–Kier alpha value is -8.22. The molecule has 0 heterocycles. The van der Waals surface area contributed by atoms with Gasteiger partial charge in [-0.3, -0.25) is 0 Å². The summed E-state index contributed by atoms with van der Waals surface area (Å²) in [6.45, 7) is -2.79. The summed E-state index contributed by atoms with van der Waals surface area (Å²) in [6, 6.07) is -6.12. The van der Waals surface area contributed by atoms with Gasteiger partial charge in [-0.15, -0.1) is 8.78 Å². The minimum Gasteiger partial charge on any atom is -0.208 e. The Balaban J connectivity index is 0.000000423. The van der Waals surface area contributed by atoms with Crippen LogP contribution in [-0.4, -0.2) is 32.1 Å². The van der Waals surface area contributed by atoms with Gasteiger partial charge in [0.15, 0.2) is 140 Å². The second kappa shape index (κ2) is 22.3. The molecule has 0 aromatic heterocycles. The van der Waals surface area contributed by atoms with E-state index >= 15 is 105 Å². The van der Waals surface area contributed by atoms with Crippen molar-refractivity contribution in [3.63, 3.8) is 0 Å². The van der Waals surface area contributed by atoms with Crippen LogP contribution in [0.25, 0.3) is 43.1 Å². The maximum Gasteiger partial charge on any atom is 0.515 e. The fraction of sp³-hybridized carbons (Fsp3) is 0.0612. The predicted molar refractivity (Wildman–Crippen MR) is 223 cm³/mol. The summed E-state index contributed by atoms with van der Waals surface area (Å²) in [5.74, 6) is -118. The van der Waals surface area contributed by atoms with Gasteiger partial charge in [-0.25, -0.2) is 141 Å². The van der Waals surface area contributed by atoms with Crippen molar-refractivity contribution >= 4 is 79.6 Å². The van der Waals surface area contributed by atoms with Gasteiger partial charge in [-0.2, -0.15) is 44.0 Å². The number of rotatable bonds is 7. The quantitative estimate of drug-likeness (QED) is 0.0533. The van der Waals surface area contributed by atoms with Crippen LogP contribution in [0, 0.1) is 192 Å². The van der Waals surface area contributed by atoms with Gasteiger partial charge in [0.2, 0.25) is 41.6 Å². The van der Waals surface area contributed by atoms with Crippen molar-refractivity contribution in [3.8, 4) is 0 Å². The second-order valence-electron chi connectivity index (χ2n) is 17.9. The van der Waals surface area contributed by atoms with Crippen LogP contribution >= 0.6 is 0 Å². The largest absolute Gasteiger partial charge is 0.515 e. The lowest BCUT2D eigenvalue weighted by molar-refractivity contribution is -0.961. The number of halogens is 39. The van der Waals surface area contributed by atoms with Gasteiger partial charge in [0, 0.05) is 0 Å². The van der Waals surface area contributed by atoms with Crippen molar-refractivity contribution in [3.05, 3.63) is 192 Å². The number of hydrogen-bond acceptors (Lipinski definition) is 0. The number of fused-ring (bicyclic) bond motifs is 4. The van der Waals surface area contributed by atoms with Crippen LogP contribution in [0.2, 0.25) is 0 Å². The zero-order valence-corrected chi connectivity index (χ0v) is 41.7. The molecule has 0 amide bonds. The smallest absolute Gasteiger partial charge is 0.208 e. The van der Waals surface area contributed by atoms with Crippen molar-refractivity contribution in [2.75, 3.05) is 6.80 Å². The van der Waals surface area contributed by atoms with E-state index in [1.54, 1.807) is 0 Å². The van der Waals surface area contributed by atoms with Crippen molar-refractivity contribution in [1.29, 1.82) is 0 Å². The summed E-state index contributed by atoms with van der Waals surface area (Å²) in [4.78, 5) is -2.91. The maximum absolute atomic E-state index is 17.3. The van der Waals surface area contributed by atoms with E-state index < -0.39 is 295 Å². The number of alkyl halides is 6. The van der Waals surface area contributed by atoms with Crippen molar-refractivity contribution in [2.24, 2.45) is 0 Å². The highest BCUT2D eigenvalue weighted by atomic mass is 27.2. The van der Waals surface area contributed by atoms with Gasteiger partial charge in [0.05, 0.1) is 21.5 Å². The molecule has 0 bridgehead atoms. The molecule has 0 aliphatic heterocycles. The molecule has 0 radical (unpaired) electrons. The molecule has 0 spiro atoms. The topological polar surface area (TPSA) is 4.44 Å². The lowest BCUT2D eigenvalue weighted by Gasteiger charge is -2.44. The molecule has 1 nitrogen and oxygen atoms in total. The monoisotopic (exact) mass is 1370 g/mol. The number of hydrogen-bond donors (Lipinski definition) is 1. The van der Waals surface area contributed by atoms with Gasteiger partial charge in [0.1, 0.15) is 23.3 Å². The summed E-state index contributed by atoms with van der Waals surface area (Å²) < 4.78 is 571. The van der Waals surface area contributed by atoms with Crippen molar-refractivity contribution < 1.29 is 176 Å². The molecule has 0 fully saturated rings. The number of nitrogens with one attached hydrogen (secondary N) is 1. The summed E-state index contributed by atoms with van der Waals surface area (Å²) in [6.07, 6.45) is -6.49. The lowest BCUT2D eigenvalue weighted by Crippen LogP contribution is -3.16. The predicted octanol–water partition coefficient (Wildman–Crippen LogP) is 14.6. The summed E-state index contributed by atoms with van der Waals surface area (Å²) in [7, 11) is 0. The summed E-state index contributed by atoms with van der Waals surface area (Å²) >= 11 is -10.2. The molecule has 0 saturated carbocycles. The first-order valence-corrected chi connectivity index (χ1v) is 24.5. The molecular weight excluding hydrogens is 1370 g/mol. The van der Waals surface area contributed by atoms with E-state index in [0.29, 0.717) is 0 Å². The normalized spacial score (nSPS) is 12.8. The third-order valence-electron chi connectivity index (χ3n) is 13.6. The van der Waals surface area contributed by atoms with Gasteiger partial charge in [0.25, 0.3) is 13.1 Å². The van der Waals surface area contributed by atoms with Crippen LogP contribution < -0.4 is 22.6 Å². The van der Waals surface area contributed by atoms with Gasteiger partial charge < -0.3 is 0 Å². The van der Waals surface area contributed by atoms with E-state index in [9.17, 15) is 65.9 Å². The van der Waals surface area contributed by atoms with Crippen molar-refractivity contribution in [1.82, 2.24) is 0 Å². The molecular formula is C49H3AlF39N. The van der Waals surface area contributed by atoms with Crippen LogP contribution in [0.15, 0.2) is 0 Å². The second-order valence-corrected chi connectivity index (χ2v) is 22.0. The minimum absolute atomic E-state index is 2.64. The third-order valence-corrected chi connectivity index (χ3v) is 19.3. The molecule has 0 saturated heterocycles. The van der Waals surface area contributed by atoms with Gasteiger partial charge in [-0.1, -0.05) is 0 Å². The summed E-state index contributed by atoms with van der Waals surface area (Å²) in [5.41, 5.74) is -2.64. The highest BCUT2D eigenvalue weighted by molar-refractivity contribution is 7.23. The molecule has 1 atom stereocenters. The van der Waals surface area contributed by atoms with E-state index in [2.05, 4.69) is 0 Å². The first-order chi connectivity index (χ1) is 41.4. The zero-order valence-electron chi connectivity index (χ0n) is 40.5. The van der Waals surface area contributed by atoms with Crippen LogP contribution in [0.4, 0.5) is 177 Å². The Morgan fingerprint density at radius 1 is 0.200 bits per heavy atom. The third kappa shape index (κ3) is 8.83. The Morgan fingerprint density at radius 2 is 0.344 bits per heavy atom. The number of benzene rings is 9. The van der Waals surface area contributed by atoms with Crippen LogP contribution in [0.1, 0.15) is 0 Å². The molecule has 9 aromatic carbocycles. The summed E-state index contributed by atoms with van der Waals surface area (Å²) in [5, 5.41) is -26.7.